The van der Waals surface area contributed by atoms with Gasteiger partial charge in [0.1, 0.15) is 0 Å². The topological polar surface area (TPSA) is 77.8 Å². The number of hydrogen-bond donors (Lipinski definition) is 2. The molecule has 9 heteroatoms. The Morgan fingerprint density at radius 2 is 2.03 bits per heavy atom. The van der Waals surface area contributed by atoms with E-state index in [9.17, 15) is 4.79 Å². The highest BCUT2D eigenvalue weighted by molar-refractivity contribution is 14.0. The third kappa shape index (κ3) is 8.41. The summed E-state index contributed by atoms with van der Waals surface area (Å²) in [6.45, 7) is 11.5. The van der Waals surface area contributed by atoms with Crippen molar-refractivity contribution >= 4 is 35.8 Å². The summed E-state index contributed by atoms with van der Waals surface area (Å²) in [6, 6.07) is 2.16. The first-order chi connectivity index (χ1) is 13.9. The lowest BCUT2D eigenvalue weighted by Gasteiger charge is -2.26. The van der Waals surface area contributed by atoms with E-state index in [0.717, 1.165) is 76.6 Å². The van der Waals surface area contributed by atoms with Gasteiger partial charge in [0.15, 0.2) is 5.96 Å². The quantitative estimate of drug-likeness (QED) is 0.208. The molecule has 1 aliphatic heterocycles. The first kappa shape index (κ1) is 26.7. The van der Waals surface area contributed by atoms with Crippen molar-refractivity contribution in [2.45, 2.75) is 59.0 Å². The smallest absolute Gasteiger partial charge is 0.239 e. The van der Waals surface area contributed by atoms with Crippen LogP contribution in [0, 0.1) is 13.8 Å². The molecule has 1 atom stereocenters. The number of aromatic nitrogens is 2. The van der Waals surface area contributed by atoms with E-state index >= 15 is 0 Å². The van der Waals surface area contributed by atoms with Gasteiger partial charge < -0.3 is 15.5 Å². The zero-order valence-corrected chi connectivity index (χ0v) is 21.6. The van der Waals surface area contributed by atoms with Gasteiger partial charge in [-0.25, -0.2) is 0 Å². The van der Waals surface area contributed by atoms with Crippen LogP contribution in [-0.2, 0) is 11.3 Å². The Kier molecular flexibility index (Phi) is 12.3. The molecule has 1 amide bonds. The Morgan fingerprint density at radius 3 is 2.67 bits per heavy atom. The van der Waals surface area contributed by atoms with Crippen molar-refractivity contribution in [1.29, 1.82) is 0 Å². The average Bonchev–Trinajstić information content (AvgIpc) is 3.27. The van der Waals surface area contributed by atoms with E-state index in [1.54, 1.807) is 4.90 Å². The van der Waals surface area contributed by atoms with Crippen molar-refractivity contribution in [2.24, 2.45) is 4.99 Å². The monoisotopic (exact) mass is 533 g/mol. The predicted octanol–water partition coefficient (Wildman–Crippen LogP) is 2.01. The van der Waals surface area contributed by atoms with Gasteiger partial charge in [0.2, 0.25) is 5.91 Å². The molecule has 8 nitrogen and oxygen atoms in total. The summed E-state index contributed by atoms with van der Waals surface area (Å²) in [4.78, 5) is 21.0. The van der Waals surface area contributed by atoms with E-state index in [4.69, 9.17) is 0 Å². The molecule has 0 aliphatic carbocycles. The highest BCUT2D eigenvalue weighted by Crippen LogP contribution is 2.18. The molecule has 2 heterocycles. The fourth-order valence-electron chi connectivity index (χ4n) is 3.81. The minimum atomic E-state index is 0. The molecular formula is C21H40IN7O. The number of nitrogens with one attached hydrogen (secondary N) is 2. The van der Waals surface area contributed by atoms with Crippen LogP contribution in [0.25, 0.3) is 0 Å². The van der Waals surface area contributed by atoms with E-state index in [0.29, 0.717) is 0 Å². The Morgan fingerprint density at radius 1 is 1.27 bits per heavy atom. The fraction of sp³-hybridized carbons (Fsp3) is 0.762. The number of carbonyl (C=O) groups is 1. The average molecular weight is 534 g/mol. The number of likely N-dealkylation sites (N-methyl/N-ethyl adjacent to an activating group) is 1. The normalized spacial score (nSPS) is 17.0. The van der Waals surface area contributed by atoms with Crippen LogP contribution in [0.1, 0.15) is 44.0 Å². The molecule has 2 rings (SSSR count). The summed E-state index contributed by atoms with van der Waals surface area (Å²) in [5.41, 5.74) is 2.26. The van der Waals surface area contributed by atoms with Gasteiger partial charge in [0.25, 0.3) is 0 Å². The van der Waals surface area contributed by atoms with E-state index in [1.807, 2.05) is 25.7 Å². The van der Waals surface area contributed by atoms with Gasteiger partial charge in [-0.1, -0.05) is 0 Å². The number of guanidine groups is 1. The number of likely N-dealkylation sites (tertiary alicyclic amines) is 1. The third-order valence-electron chi connectivity index (χ3n) is 5.25. The summed E-state index contributed by atoms with van der Waals surface area (Å²) in [5, 5.41) is 11.2. The number of amides is 1. The lowest BCUT2D eigenvalue weighted by atomic mass is 10.2. The number of rotatable bonds is 10. The van der Waals surface area contributed by atoms with E-state index in [1.165, 1.54) is 5.69 Å². The molecule has 1 fully saturated rings. The molecule has 1 aromatic heterocycles. The van der Waals surface area contributed by atoms with Gasteiger partial charge in [0, 0.05) is 52.5 Å². The van der Waals surface area contributed by atoms with Gasteiger partial charge in [-0.15, -0.1) is 24.0 Å². The van der Waals surface area contributed by atoms with Gasteiger partial charge in [-0.05, 0) is 59.1 Å². The molecule has 1 unspecified atom stereocenters. The zero-order valence-electron chi connectivity index (χ0n) is 19.3. The molecule has 30 heavy (non-hydrogen) atoms. The van der Waals surface area contributed by atoms with Crippen LogP contribution in [0.15, 0.2) is 11.1 Å². The highest BCUT2D eigenvalue weighted by atomic mass is 127. The van der Waals surface area contributed by atoms with Crippen molar-refractivity contribution in [1.82, 2.24) is 30.2 Å². The van der Waals surface area contributed by atoms with Gasteiger partial charge in [-0.2, -0.15) is 5.10 Å². The summed E-state index contributed by atoms with van der Waals surface area (Å²) in [7, 11) is 3.68. The van der Waals surface area contributed by atoms with Crippen LogP contribution >= 0.6 is 24.0 Å². The van der Waals surface area contributed by atoms with Crippen LogP contribution in [0.5, 0.6) is 0 Å². The van der Waals surface area contributed by atoms with Crippen LogP contribution in [0.2, 0.25) is 0 Å². The van der Waals surface area contributed by atoms with Gasteiger partial charge in [0.05, 0.1) is 11.7 Å². The maximum Gasteiger partial charge on any atom is 0.239 e. The molecule has 2 N–H and O–H groups in total. The molecule has 0 spiro atoms. The lowest BCUT2D eigenvalue weighted by molar-refractivity contribution is -0.133. The minimum Gasteiger partial charge on any atom is -0.357 e. The summed E-state index contributed by atoms with van der Waals surface area (Å²) >= 11 is 0. The van der Waals surface area contributed by atoms with Crippen molar-refractivity contribution in [3.8, 4) is 0 Å². The largest absolute Gasteiger partial charge is 0.357 e. The lowest BCUT2D eigenvalue weighted by Crippen LogP contribution is -2.44. The summed E-state index contributed by atoms with van der Waals surface area (Å²) in [5.74, 6) is 1.09. The first-order valence-electron chi connectivity index (χ1n) is 10.9. The van der Waals surface area contributed by atoms with Crippen molar-refractivity contribution < 1.29 is 4.79 Å². The third-order valence-corrected chi connectivity index (χ3v) is 5.25. The van der Waals surface area contributed by atoms with Crippen LogP contribution in [0.3, 0.4) is 0 Å². The van der Waals surface area contributed by atoms with Crippen molar-refractivity contribution in [3.63, 3.8) is 0 Å². The van der Waals surface area contributed by atoms with Crippen LogP contribution in [-0.4, -0.2) is 84.3 Å². The maximum absolute atomic E-state index is 12.3. The highest BCUT2D eigenvalue weighted by Gasteiger charge is 2.30. The number of aliphatic imine (C=N–C) groups is 1. The SMILES string of the molecule is CCNC(=NCCCn1nc(C)cc1C)NCCCN1CCCC1C(=O)N(C)C.I. The van der Waals surface area contributed by atoms with Crippen molar-refractivity contribution in [2.75, 3.05) is 46.8 Å². The Labute approximate surface area is 198 Å². The molecule has 0 saturated carbocycles. The summed E-state index contributed by atoms with van der Waals surface area (Å²) in [6.07, 6.45) is 4.04. The second-order valence-corrected chi connectivity index (χ2v) is 7.97. The van der Waals surface area contributed by atoms with Gasteiger partial charge >= 0.3 is 0 Å². The molecule has 172 valence electrons. The van der Waals surface area contributed by atoms with E-state index < -0.39 is 0 Å². The second-order valence-electron chi connectivity index (χ2n) is 7.97. The maximum atomic E-state index is 12.3. The summed E-state index contributed by atoms with van der Waals surface area (Å²) < 4.78 is 2.05. The van der Waals surface area contributed by atoms with Gasteiger partial charge in [-0.3, -0.25) is 19.4 Å². The Bertz CT molecular complexity index is 674. The molecule has 1 aromatic rings. The molecule has 1 aliphatic rings. The molecule has 1 saturated heterocycles. The molecular weight excluding hydrogens is 493 g/mol. The Balaban J connectivity index is 0.00000450. The van der Waals surface area contributed by atoms with Crippen molar-refractivity contribution in [3.05, 3.63) is 17.5 Å². The van der Waals surface area contributed by atoms with E-state index in [2.05, 4.69) is 45.5 Å². The predicted molar refractivity (Wildman–Crippen MR) is 134 cm³/mol. The number of aryl methyl sites for hydroxylation is 3. The first-order valence-corrected chi connectivity index (χ1v) is 10.9. The molecule has 0 radical (unpaired) electrons. The second kappa shape index (κ2) is 13.8. The molecule has 0 aromatic carbocycles. The number of halogens is 1. The number of carbonyl (C=O) groups excluding carboxylic acids is 1. The Hall–Kier alpha value is -1.36. The van der Waals surface area contributed by atoms with E-state index in [-0.39, 0.29) is 35.9 Å². The minimum absolute atomic E-state index is 0. The standard InChI is InChI=1S/C21H39N7O.HI/c1-6-22-21(24-12-9-15-28-18(3)16-17(2)25-28)23-11-8-14-27-13-7-10-19(27)20(29)26(4)5;/h16,19H,6-15H2,1-5H3,(H2,22,23,24);1H. The van der Waals surface area contributed by atoms with Crippen LogP contribution in [0.4, 0.5) is 0 Å². The van der Waals surface area contributed by atoms with Crippen LogP contribution < -0.4 is 10.6 Å². The number of nitrogens with zero attached hydrogens (tertiary/aromatic N) is 5. The number of hydrogen-bond acceptors (Lipinski definition) is 4. The fourth-order valence-corrected chi connectivity index (χ4v) is 3.81. The molecule has 0 bridgehead atoms. The zero-order chi connectivity index (χ0) is 21.2.